The van der Waals surface area contributed by atoms with Crippen LogP contribution in [0.1, 0.15) is 81.2 Å². The highest BCUT2D eigenvalue weighted by atomic mass is 79.9. The standard InChI is InChI=1S/C24H32N6O2.C20H24BrN5O2.C2H6/c1-15(2)21(25)18-7-5-4-6-16(18)14-32-20-9-8-19(23(27-3)30-20)22(26)24(31)29-17-10-12-28-13-11-17;1-23-19-15(18(22)20(27)25-14-8-10-24-11-9-14)6-7-17(26-19)28-12-13-4-2-3-5-16(13)21;1-2/h4-9,15,17,25-26,28H,10-14H2,1-3H3,(H,27,30)(H,29,31);2-7,14,22,24H,8-12H2,1H3,(H,23,26)(H,25,27);1-2H3. The Morgan fingerprint density at radius 1 is 0.661 bits per heavy atom. The van der Waals surface area contributed by atoms with Crippen LogP contribution in [-0.4, -0.2) is 91.3 Å². The van der Waals surface area contributed by atoms with Gasteiger partial charge in [0.15, 0.2) is 0 Å². The summed E-state index contributed by atoms with van der Waals surface area (Å²) in [5.74, 6) is 1.00. The third-order valence-electron chi connectivity index (χ3n) is 10.1. The van der Waals surface area contributed by atoms with Crippen LogP contribution in [-0.2, 0) is 22.8 Å². The Morgan fingerprint density at radius 2 is 1.08 bits per heavy atom. The number of hydrogen-bond donors (Lipinski definition) is 9. The van der Waals surface area contributed by atoms with Gasteiger partial charge in [-0.25, -0.2) is 0 Å². The molecule has 0 saturated carbocycles. The number of nitrogens with one attached hydrogen (secondary N) is 9. The molecule has 9 N–H and O–H groups in total. The number of hydrogen-bond acceptors (Lipinski definition) is 13. The summed E-state index contributed by atoms with van der Waals surface area (Å²) in [5, 5.41) is 43.3. The smallest absolute Gasteiger partial charge is 0.270 e. The SMILES string of the molecule is CC.CNc1nc(OCc2ccccc2Br)ccc1C(=N)C(=O)NC1CCNCC1.CNc1nc(OCc2ccccc2C(=N)C(C)C)ccc1C(=N)C(=O)NC1CCNCC1. The van der Waals surface area contributed by atoms with E-state index in [4.69, 9.17) is 25.7 Å². The summed E-state index contributed by atoms with van der Waals surface area (Å²) in [4.78, 5) is 33.9. The lowest BCUT2D eigenvalue weighted by atomic mass is 9.96. The first-order valence-electron chi connectivity index (χ1n) is 21.2. The van der Waals surface area contributed by atoms with E-state index >= 15 is 0 Å². The van der Waals surface area contributed by atoms with Crippen molar-refractivity contribution in [3.63, 3.8) is 0 Å². The van der Waals surface area contributed by atoms with Gasteiger partial charge in [0.1, 0.15) is 36.3 Å². The van der Waals surface area contributed by atoms with Crippen molar-refractivity contribution in [2.24, 2.45) is 5.92 Å². The summed E-state index contributed by atoms with van der Waals surface area (Å²) in [7, 11) is 3.41. The molecule has 2 fully saturated rings. The number of rotatable bonds is 16. The van der Waals surface area contributed by atoms with E-state index in [1.165, 1.54) is 0 Å². The third kappa shape index (κ3) is 14.2. The predicted molar refractivity (Wildman–Crippen MR) is 252 cm³/mol. The Hall–Kier alpha value is -5.71. The van der Waals surface area contributed by atoms with Gasteiger partial charge in [-0.05, 0) is 81.5 Å². The van der Waals surface area contributed by atoms with Crippen molar-refractivity contribution >= 4 is 56.5 Å². The van der Waals surface area contributed by atoms with Crippen molar-refractivity contribution in [3.8, 4) is 11.8 Å². The number of ether oxygens (including phenoxy) is 2. The van der Waals surface area contributed by atoms with Crippen LogP contribution in [0.3, 0.4) is 0 Å². The first kappa shape index (κ1) is 49.0. The zero-order chi connectivity index (χ0) is 45.0. The zero-order valence-electron chi connectivity index (χ0n) is 36.6. The minimum atomic E-state index is -0.398. The summed E-state index contributed by atoms with van der Waals surface area (Å²) >= 11 is 3.50. The molecule has 0 atom stereocenters. The van der Waals surface area contributed by atoms with Crippen molar-refractivity contribution in [1.82, 2.24) is 31.2 Å². The maximum Gasteiger partial charge on any atom is 0.270 e. The van der Waals surface area contributed by atoms with Gasteiger partial charge >= 0.3 is 0 Å². The maximum atomic E-state index is 12.6. The van der Waals surface area contributed by atoms with Crippen LogP contribution in [0.15, 0.2) is 77.3 Å². The molecule has 2 aliphatic heterocycles. The molecule has 2 aromatic carbocycles. The molecule has 4 aromatic rings. The molecule has 4 heterocycles. The summed E-state index contributed by atoms with van der Waals surface area (Å²) in [6.07, 6.45) is 3.47. The average Bonchev–Trinajstić information content (AvgIpc) is 3.31. The minimum Gasteiger partial charge on any atom is -0.473 e. The average molecular weight is 913 g/mol. The molecule has 2 aromatic heterocycles. The summed E-state index contributed by atoms with van der Waals surface area (Å²) in [6.45, 7) is 12.1. The minimum absolute atomic E-state index is 0.0855. The number of aromatic nitrogens is 2. The molecule has 2 saturated heterocycles. The lowest BCUT2D eigenvalue weighted by Crippen LogP contribution is -2.45. The van der Waals surface area contributed by atoms with E-state index in [0.29, 0.717) is 46.8 Å². The van der Waals surface area contributed by atoms with Crippen LogP contribution in [0.5, 0.6) is 11.8 Å². The number of carbonyl (C=O) groups is 2. The van der Waals surface area contributed by atoms with Crippen molar-refractivity contribution in [2.45, 2.75) is 78.7 Å². The Labute approximate surface area is 374 Å². The van der Waals surface area contributed by atoms with Crippen LogP contribution in [0, 0.1) is 22.1 Å². The number of halogens is 1. The Balaban J connectivity index is 0.000000264. The fourth-order valence-electron chi connectivity index (χ4n) is 6.66. The lowest BCUT2D eigenvalue weighted by Gasteiger charge is -2.24. The van der Waals surface area contributed by atoms with Gasteiger partial charge in [0.25, 0.3) is 11.8 Å². The highest BCUT2D eigenvalue weighted by Gasteiger charge is 2.23. The molecule has 15 nitrogen and oxygen atoms in total. The van der Waals surface area contributed by atoms with E-state index in [-0.39, 0.29) is 41.9 Å². The molecule has 2 amide bonds. The number of amides is 2. The molecular formula is C46H62BrN11O4. The van der Waals surface area contributed by atoms with Gasteiger partial charge < -0.3 is 46.8 Å². The number of carbonyl (C=O) groups excluding carboxylic acids is 2. The number of anilines is 2. The fourth-order valence-corrected chi connectivity index (χ4v) is 7.06. The molecule has 16 heteroatoms. The van der Waals surface area contributed by atoms with E-state index in [9.17, 15) is 9.59 Å². The summed E-state index contributed by atoms with van der Waals surface area (Å²) < 4.78 is 12.6. The normalized spacial score (nSPS) is 13.9. The van der Waals surface area contributed by atoms with E-state index in [2.05, 4.69) is 57.8 Å². The molecular weight excluding hydrogens is 850 g/mol. The third-order valence-corrected chi connectivity index (χ3v) is 10.9. The van der Waals surface area contributed by atoms with Crippen LogP contribution >= 0.6 is 15.9 Å². The number of piperidine rings is 2. The van der Waals surface area contributed by atoms with Crippen molar-refractivity contribution in [1.29, 1.82) is 16.2 Å². The topological polar surface area (TPSA) is 222 Å². The molecule has 0 unspecified atom stereocenters. The molecule has 6 rings (SSSR count). The zero-order valence-corrected chi connectivity index (χ0v) is 38.2. The Morgan fingerprint density at radius 3 is 1.52 bits per heavy atom. The van der Waals surface area contributed by atoms with Crippen LogP contribution in [0.25, 0.3) is 0 Å². The molecule has 0 bridgehead atoms. The van der Waals surface area contributed by atoms with E-state index in [1.807, 2.05) is 76.2 Å². The second-order valence-electron chi connectivity index (χ2n) is 14.7. The lowest BCUT2D eigenvalue weighted by molar-refractivity contribution is -0.116. The van der Waals surface area contributed by atoms with Gasteiger partial charge in [0, 0.05) is 70.7 Å². The quantitative estimate of drug-likeness (QED) is 0.0542. The van der Waals surface area contributed by atoms with Crippen LogP contribution in [0.4, 0.5) is 11.6 Å². The molecule has 2 aliphatic rings. The number of benzene rings is 2. The first-order chi connectivity index (χ1) is 30.0. The molecule has 0 aliphatic carbocycles. The van der Waals surface area contributed by atoms with Gasteiger partial charge in [-0.2, -0.15) is 9.97 Å². The largest absolute Gasteiger partial charge is 0.473 e. The first-order valence-corrected chi connectivity index (χ1v) is 22.0. The maximum absolute atomic E-state index is 12.6. The summed E-state index contributed by atoms with van der Waals surface area (Å²) in [6, 6.07) is 22.4. The molecule has 332 valence electrons. The van der Waals surface area contributed by atoms with Crippen molar-refractivity contribution in [3.05, 3.63) is 105 Å². The Bertz CT molecular complexity index is 2140. The highest BCUT2D eigenvalue weighted by molar-refractivity contribution is 9.10. The second kappa shape index (κ2) is 25.3. The van der Waals surface area contributed by atoms with Crippen molar-refractivity contribution < 1.29 is 19.1 Å². The van der Waals surface area contributed by atoms with Gasteiger partial charge in [-0.1, -0.05) is 86.1 Å². The van der Waals surface area contributed by atoms with Gasteiger partial charge in [0.05, 0.1) is 0 Å². The summed E-state index contributed by atoms with van der Waals surface area (Å²) in [5.41, 5.74) is 4.00. The molecule has 62 heavy (non-hydrogen) atoms. The monoisotopic (exact) mass is 911 g/mol. The van der Waals surface area contributed by atoms with Gasteiger partial charge in [-0.15, -0.1) is 0 Å². The van der Waals surface area contributed by atoms with Crippen LogP contribution < -0.4 is 41.4 Å². The second-order valence-corrected chi connectivity index (χ2v) is 15.6. The van der Waals surface area contributed by atoms with Crippen molar-refractivity contribution in [2.75, 3.05) is 50.9 Å². The Kier molecular flexibility index (Phi) is 20.0. The van der Waals surface area contributed by atoms with Gasteiger partial charge in [-0.3, -0.25) is 20.4 Å². The number of pyridine rings is 2. The van der Waals surface area contributed by atoms with Gasteiger partial charge in [0.2, 0.25) is 11.8 Å². The van der Waals surface area contributed by atoms with E-state index in [0.717, 1.165) is 73.0 Å². The molecule has 0 radical (unpaired) electrons. The predicted octanol–water partition coefficient (Wildman–Crippen LogP) is 6.69. The van der Waals surface area contributed by atoms with E-state index in [1.54, 1.807) is 38.4 Å². The fraction of sp³-hybridized carbons (Fsp3) is 0.413. The highest BCUT2D eigenvalue weighted by Crippen LogP contribution is 2.23. The number of nitrogens with zero attached hydrogens (tertiary/aromatic N) is 2. The van der Waals surface area contributed by atoms with Crippen LogP contribution in [0.2, 0.25) is 0 Å². The molecule has 0 spiro atoms. The van der Waals surface area contributed by atoms with E-state index < -0.39 is 5.91 Å².